The van der Waals surface area contributed by atoms with Crippen molar-refractivity contribution in [3.8, 4) is 5.75 Å². The Labute approximate surface area is 111 Å². The van der Waals surface area contributed by atoms with Crippen LogP contribution in [0.1, 0.15) is 28.8 Å². The van der Waals surface area contributed by atoms with E-state index in [0.717, 1.165) is 34.0 Å². The van der Waals surface area contributed by atoms with Crippen molar-refractivity contribution in [1.29, 1.82) is 0 Å². The summed E-state index contributed by atoms with van der Waals surface area (Å²) in [5.74, 6) is 0.731. The molecule has 4 heteroatoms. The summed E-state index contributed by atoms with van der Waals surface area (Å²) in [6.45, 7) is 4.53. The number of thiazole rings is 1. The first-order chi connectivity index (χ1) is 8.72. The lowest BCUT2D eigenvalue weighted by Gasteiger charge is -2.09. The van der Waals surface area contributed by atoms with Crippen LogP contribution in [0.3, 0.4) is 0 Å². The average Bonchev–Trinajstić information content (AvgIpc) is 2.85. The summed E-state index contributed by atoms with van der Waals surface area (Å²) < 4.78 is 5.71. The van der Waals surface area contributed by atoms with Gasteiger partial charge in [-0.2, -0.15) is 0 Å². The van der Waals surface area contributed by atoms with Crippen LogP contribution in [0, 0.1) is 6.92 Å². The number of aryl methyl sites for hydroxylation is 2. The predicted octanol–water partition coefficient (Wildman–Crippen LogP) is 3.09. The Balaban J connectivity index is 2.05. The molecule has 0 aliphatic heterocycles. The zero-order valence-electron chi connectivity index (χ0n) is 10.6. The van der Waals surface area contributed by atoms with Gasteiger partial charge in [0, 0.05) is 10.9 Å². The molecule has 0 bridgehead atoms. The quantitative estimate of drug-likeness (QED) is 0.901. The molecule has 1 N–H and O–H groups in total. The molecular formula is C14H17NO2S. The van der Waals surface area contributed by atoms with Gasteiger partial charge in [-0.05, 0) is 19.4 Å². The summed E-state index contributed by atoms with van der Waals surface area (Å²) in [7, 11) is 0. The molecule has 2 rings (SSSR count). The zero-order chi connectivity index (χ0) is 13.0. The van der Waals surface area contributed by atoms with Crippen LogP contribution in [0.4, 0.5) is 0 Å². The van der Waals surface area contributed by atoms with Crippen molar-refractivity contribution in [3.63, 3.8) is 0 Å². The van der Waals surface area contributed by atoms with Crippen LogP contribution in [-0.2, 0) is 19.6 Å². The highest BCUT2D eigenvalue weighted by molar-refractivity contribution is 7.09. The van der Waals surface area contributed by atoms with Crippen LogP contribution in [0.15, 0.2) is 23.6 Å². The number of benzene rings is 1. The van der Waals surface area contributed by atoms with Crippen molar-refractivity contribution in [3.05, 3.63) is 45.4 Å². The minimum absolute atomic E-state index is 0.00567. The number of ether oxygens (including phenoxy) is 1. The monoisotopic (exact) mass is 263 g/mol. The maximum absolute atomic E-state index is 9.29. The van der Waals surface area contributed by atoms with E-state index in [1.807, 2.05) is 30.5 Å². The van der Waals surface area contributed by atoms with Gasteiger partial charge in [0.25, 0.3) is 0 Å². The van der Waals surface area contributed by atoms with E-state index in [1.165, 1.54) is 0 Å². The molecule has 18 heavy (non-hydrogen) atoms. The second-order valence-corrected chi connectivity index (χ2v) is 5.09. The first-order valence-electron chi connectivity index (χ1n) is 5.99. The minimum Gasteiger partial charge on any atom is -0.487 e. The van der Waals surface area contributed by atoms with Crippen LogP contribution in [0.25, 0.3) is 0 Å². The number of hydrogen-bond donors (Lipinski definition) is 1. The van der Waals surface area contributed by atoms with Crippen LogP contribution in [0.5, 0.6) is 5.75 Å². The number of nitrogens with zero attached hydrogens (tertiary/aromatic N) is 1. The first-order valence-corrected chi connectivity index (χ1v) is 6.87. The van der Waals surface area contributed by atoms with Crippen molar-refractivity contribution >= 4 is 11.3 Å². The van der Waals surface area contributed by atoms with E-state index in [-0.39, 0.29) is 6.61 Å². The molecule has 0 saturated heterocycles. The van der Waals surface area contributed by atoms with Crippen LogP contribution < -0.4 is 4.74 Å². The van der Waals surface area contributed by atoms with Crippen molar-refractivity contribution in [1.82, 2.24) is 4.98 Å². The van der Waals surface area contributed by atoms with Gasteiger partial charge in [-0.1, -0.05) is 24.6 Å². The summed E-state index contributed by atoms with van der Waals surface area (Å²) >= 11 is 1.66. The average molecular weight is 263 g/mol. The largest absolute Gasteiger partial charge is 0.487 e. The third kappa shape index (κ3) is 3.09. The van der Waals surface area contributed by atoms with Gasteiger partial charge >= 0.3 is 0 Å². The van der Waals surface area contributed by atoms with E-state index in [4.69, 9.17) is 4.74 Å². The van der Waals surface area contributed by atoms with Crippen LogP contribution >= 0.6 is 11.3 Å². The Kier molecular flexibility index (Phi) is 4.33. The molecular weight excluding hydrogens is 246 g/mol. The van der Waals surface area contributed by atoms with Gasteiger partial charge in [-0.15, -0.1) is 11.3 Å². The van der Waals surface area contributed by atoms with Crippen molar-refractivity contribution < 1.29 is 9.84 Å². The highest BCUT2D eigenvalue weighted by Crippen LogP contribution is 2.21. The lowest BCUT2D eigenvalue weighted by molar-refractivity contribution is 0.257. The fourth-order valence-corrected chi connectivity index (χ4v) is 2.43. The van der Waals surface area contributed by atoms with Gasteiger partial charge in [-0.25, -0.2) is 4.98 Å². The van der Waals surface area contributed by atoms with Gasteiger partial charge in [0.05, 0.1) is 17.3 Å². The number of rotatable bonds is 5. The standard InChI is InChI=1S/C14H17NO2S/c1-3-14-15-12(9-18-14)8-17-13-5-4-10(2)6-11(13)7-16/h4-6,9,16H,3,7-8H2,1-2H3. The van der Waals surface area contributed by atoms with Gasteiger partial charge in [0.2, 0.25) is 0 Å². The Hall–Kier alpha value is -1.39. The molecule has 0 unspecified atom stereocenters. The highest BCUT2D eigenvalue weighted by Gasteiger charge is 2.05. The molecule has 3 nitrogen and oxygen atoms in total. The van der Waals surface area contributed by atoms with E-state index < -0.39 is 0 Å². The number of aliphatic hydroxyl groups excluding tert-OH is 1. The van der Waals surface area contributed by atoms with E-state index in [0.29, 0.717) is 6.61 Å². The van der Waals surface area contributed by atoms with E-state index in [9.17, 15) is 5.11 Å². The molecule has 0 aliphatic rings. The summed E-state index contributed by atoms with van der Waals surface area (Å²) in [5.41, 5.74) is 2.88. The Morgan fingerprint density at radius 2 is 2.22 bits per heavy atom. The molecule has 96 valence electrons. The third-order valence-corrected chi connectivity index (χ3v) is 3.71. The van der Waals surface area contributed by atoms with Crippen LogP contribution in [0.2, 0.25) is 0 Å². The topological polar surface area (TPSA) is 42.4 Å². The fourth-order valence-electron chi connectivity index (χ4n) is 1.70. The Morgan fingerprint density at radius 1 is 1.39 bits per heavy atom. The summed E-state index contributed by atoms with van der Waals surface area (Å²) in [5, 5.41) is 12.4. The molecule has 0 atom stereocenters. The Morgan fingerprint density at radius 3 is 2.89 bits per heavy atom. The molecule has 0 saturated carbocycles. The number of aromatic nitrogens is 1. The lowest BCUT2D eigenvalue weighted by atomic mass is 10.1. The van der Waals surface area contributed by atoms with Gasteiger partial charge in [0.1, 0.15) is 12.4 Å². The second kappa shape index (κ2) is 5.98. The summed E-state index contributed by atoms with van der Waals surface area (Å²) in [6.07, 6.45) is 0.955. The Bertz CT molecular complexity index is 522. The molecule has 0 spiro atoms. The second-order valence-electron chi connectivity index (χ2n) is 4.14. The van der Waals surface area contributed by atoms with Gasteiger partial charge < -0.3 is 9.84 Å². The fraction of sp³-hybridized carbons (Fsp3) is 0.357. The van der Waals surface area contributed by atoms with E-state index in [1.54, 1.807) is 11.3 Å². The van der Waals surface area contributed by atoms with Crippen LogP contribution in [-0.4, -0.2) is 10.1 Å². The third-order valence-electron chi connectivity index (χ3n) is 2.66. The van der Waals surface area contributed by atoms with E-state index in [2.05, 4.69) is 11.9 Å². The molecule has 1 aromatic heterocycles. The molecule has 2 aromatic rings. The van der Waals surface area contributed by atoms with Gasteiger partial charge in [-0.3, -0.25) is 0 Å². The molecule has 0 radical (unpaired) electrons. The van der Waals surface area contributed by atoms with Crippen molar-refractivity contribution in [2.75, 3.05) is 0 Å². The van der Waals surface area contributed by atoms with Gasteiger partial charge in [0.15, 0.2) is 0 Å². The zero-order valence-corrected chi connectivity index (χ0v) is 11.5. The van der Waals surface area contributed by atoms with Crippen molar-refractivity contribution in [2.45, 2.75) is 33.5 Å². The van der Waals surface area contributed by atoms with E-state index >= 15 is 0 Å². The normalized spacial score (nSPS) is 10.6. The first kappa shape index (κ1) is 13.1. The molecule has 0 amide bonds. The molecule has 0 fully saturated rings. The molecule has 0 aliphatic carbocycles. The number of aliphatic hydroxyl groups is 1. The highest BCUT2D eigenvalue weighted by atomic mass is 32.1. The minimum atomic E-state index is -0.00567. The van der Waals surface area contributed by atoms with Crippen molar-refractivity contribution in [2.24, 2.45) is 0 Å². The molecule has 1 aromatic carbocycles. The molecule has 1 heterocycles. The smallest absolute Gasteiger partial charge is 0.131 e. The maximum Gasteiger partial charge on any atom is 0.131 e. The maximum atomic E-state index is 9.29. The predicted molar refractivity (Wildman–Crippen MR) is 72.9 cm³/mol. The SMILES string of the molecule is CCc1nc(COc2ccc(C)cc2CO)cs1. The summed E-state index contributed by atoms with van der Waals surface area (Å²) in [6, 6.07) is 5.81. The summed E-state index contributed by atoms with van der Waals surface area (Å²) in [4.78, 5) is 4.45. The number of hydrogen-bond acceptors (Lipinski definition) is 4. The lowest BCUT2D eigenvalue weighted by Crippen LogP contribution is -1.99.